The second kappa shape index (κ2) is 9.11. The highest BCUT2D eigenvalue weighted by Crippen LogP contribution is 2.30. The van der Waals surface area contributed by atoms with Crippen molar-refractivity contribution < 1.29 is 9.90 Å². The summed E-state index contributed by atoms with van der Waals surface area (Å²) in [7, 11) is 0. The quantitative estimate of drug-likeness (QED) is 0.583. The van der Waals surface area contributed by atoms with Crippen LogP contribution in [0.4, 0.5) is 5.69 Å². The molecule has 0 radical (unpaired) electrons. The van der Waals surface area contributed by atoms with Crippen LogP contribution in [-0.4, -0.2) is 17.6 Å². The predicted molar refractivity (Wildman–Crippen MR) is 107 cm³/mol. The average molecular weight is 363 g/mol. The fraction of sp³-hybridized carbons (Fsp3) is 0.136. The van der Waals surface area contributed by atoms with E-state index in [-0.39, 0.29) is 6.42 Å². The zero-order valence-corrected chi connectivity index (χ0v) is 15.2. The molecule has 0 aromatic heterocycles. The van der Waals surface area contributed by atoms with Crippen molar-refractivity contribution in [1.29, 1.82) is 0 Å². The molecule has 0 aliphatic heterocycles. The molecule has 2 N–H and O–H groups in total. The van der Waals surface area contributed by atoms with Crippen LogP contribution >= 0.6 is 11.8 Å². The molecule has 0 saturated carbocycles. The van der Waals surface area contributed by atoms with Crippen LogP contribution < -0.4 is 5.32 Å². The van der Waals surface area contributed by atoms with Gasteiger partial charge in [0, 0.05) is 22.0 Å². The third kappa shape index (κ3) is 5.67. The highest BCUT2D eigenvalue weighted by molar-refractivity contribution is 7.99. The summed E-state index contributed by atoms with van der Waals surface area (Å²) >= 11 is 1.64. The fourth-order valence-corrected chi connectivity index (χ4v) is 3.66. The summed E-state index contributed by atoms with van der Waals surface area (Å²) in [6, 6.07) is 26.4. The van der Waals surface area contributed by atoms with E-state index in [0.29, 0.717) is 0 Å². The van der Waals surface area contributed by atoms with Gasteiger partial charge in [0.2, 0.25) is 0 Å². The van der Waals surface area contributed by atoms with Crippen LogP contribution in [0.15, 0.2) is 88.7 Å². The van der Waals surface area contributed by atoms with Crippen molar-refractivity contribution in [3.05, 3.63) is 90.0 Å². The molecule has 3 rings (SSSR count). The van der Waals surface area contributed by atoms with Gasteiger partial charge in [0.15, 0.2) is 0 Å². The van der Waals surface area contributed by atoms with Crippen LogP contribution in [0.5, 0.6) is 0 Å². The summed E-state index contributed by atoms with van der Waals surface area (Å²) in [4.78, 5) is 13.0. The maximum Gasteiger partial charge on any atom is 0.307 e. The van der Waals surface area contributed by atoms with Crippen molar-refractivity contribution in [3.63, 3.8) is 0 Å². The Balaban J connectivity index is 1.59. The van der Waals surface area contributed by atoms with Crippen molar-refractivity contribution >= 4 is 23.4 Å². The van der Waals surface area contributed by atoms with Gasteiger partial charge in [0.05, 0.1) is 6.42 Å². The minimum absolute atomic E-state index is 0.0511. The predicted octanol–water partition coefficient (Wildman–Crippen LogP) is 5.12. The standard InChI is InChI=1S/C22H21NO2S/c24-22(25)15-18-8-4-10-20(14-18)26-21-11-5-9-19(16-21)23-13-12-17-6-2-1-3-7-17/h1-11,14,16,23H,12-13,15H2,(H,24,25). The average Bonchev–Trinajstić information content (AvgIpc) is 2.63. The van der Waals surface area contributed by atoms with Gasteiger partial charge >= 0.3 is 5.97 Å². The van der Waals surface area contributed by atoms with Crippen LogP contribution in [0, 0.1) is 0 Å². The molecule has 0 unspecified atom stereocenters. The molecule has 0 heterocycles. The molecule has 0 amide bonds. The first kappa shape index (κ1) is 18.1. The molecule has 3 aromatic carbocycles. The highest BCUT2D eigenvalue weighted by Gasteiger charge is 2.04. The number of carboxylic acid groups (broad SMARTS) is 1. The van der Waals surface area contributed by atoms with Gasteiger partial charge in [0.25, 0.3) is 0 Å². The van der Waals surface area contributed by atoms with E-state index >= 15 is 0 Å². The van der Waals surface area contributed by atoms with Crippen molar-refractivity contribution in [1.82, 2.24) is 0 Å². The molecule has 3 nitrogen and oxygen atoms in total. The Morgan fingerprint density at radius 2 is 1.54 bits per heavy atom. The number of benzene rings is 3. The Labute approximate surface area is 158 Å². The van der Waals surface area contributed by atoms with Gasteiger partial charge in [-0.1, -0.05) is 60.3 Å². The Bertz CT molecular complexity index is 865. The largest absolute Gasteiger partial charge is 0.481 e. The van der Waals surface area contributed by atoms with E-state index in [2.05, 4.69) is 47.8 Å². The Hall–Kier alpha value is -2.72. The Morgan fingerprint density at radius 3 is 2.31 bits per heavy atom. The number of aliphatic carboxylic acids is 1. The summed E-state index contributed by atoms with van der Waals surface area (Å²) in [5, 5.41) is 12.4. The Kier molecular flexibility index (Phi) is 6.34. The first-order valence-electron chi connectivity index (χ1n) is 8.55. The smallest absolute Gasteiger partial charge is 0.307 e. The van der Waals surface area contributed by atoms with E-state index in [1.165, 1.54) is 5.56 Å². The molecule has 0 aliphatic rings. The summed E-state index contributed by atoms with van der Waals surface area (Å²) < 4.78 is 0. The summed E-state index contributed by atoms with van der Waals surface area (Å²) in [6.07, 6.45) is 1.03. The number of carbonyl (C=O) groups is 1. The summed E-state index contributed by atoms with van der Waals surface area (Å²) in [5.41, 5.74) is 3.23. The zero-order valence-electron chi connectivity index (χ0n) is 14.4. The van der Waals surface area contributed by atoms with E-state index in [1.54, 1.807) is 11.8 Å². The summed E-state index contributed by atoms with van der Waals surface area (Å²) in [6.45, 7) is 0.881. The van der Waals surface area contributed by atoms with Gasteiger partial charge in [0.1, 0.15) is 0 Å². The number of anilines is 1. The molecular weight excluding hydrogens is 342 g/mol. The fourth-order valence-electron chi connectivity index (χ4n) is 2.70. The van der Waals surface area contributed by atoms with Crippen LogP contribution in [0.3, 0.4) is 0 Å². The maximum absolute atomic E-state index is 10.9. The molecule has 26 heavy (non-hydrogen) atoms. The molecule has 0 spiro atoms. The van der Waals surface area contributed by atoms with Gasteiger partial charge in [-0.25, -0.2) is 0 Å². The minimum atomic E-state index is -0.809. The molecule has 0 saturated heterocycles. The van der Waals surface area contributed by atoms with E-state index < -0.39 is 5.97 Å². The minimum Gasteiger partial charge on any atom is -0.481 e. The number of rotatable bonds is 8. The molecule has 3 aromatic rings. The molecule has 0 fully saturated rings. The van der Waals surface area contributed by atoms with Crippen molar-refractivity contribution in [2.45, 2.75) is 22.6 Å². The van der Waals surface area contributed by atoms with Crippen LogP contribution in [0.1, 0.15) is 11.1 Å². The maximum atomic E-state index is 10.9. The number of nitrogens with one attached hydrogen (secondary N) is 1. The lowest BCUT2D eigenvalue weighted by atomic mass is 10.1. The second-order valence-corrected chi connectivity index (χ2v) is 7.16. The van der Waals surface area contributed by atoms with Crippen LogP contribution in [0.2, 0.25) is 0 Å². The van der Waals surface area contributed by atoms with Gasteiger partial charge in [-0.05, 0) is 47.9 Å². The van der Waals surface area contributed by atoms with E-state index in [1.807, 2.05) is 36.4 Å². The third-order valence-electron chi connectivity index (χ3n) is 3.91. The second-order valence-electron chi connectivity index (χ2n) is 6.01. The highest BCUT2D eigenvalue weighted by atomic mass is 32.2. The van der Waals surface area contributed by atoms with E-state index in [4.69, 9.17) is 5.11 Å². The van der Waals surface area contributed by atoms with Gasteiger partial charge < -0.3 is 10.4 Å². The monoisotopic (exact) mass is 363 g/mol. The number of carboxylic acids is 1. The lowest BCUT2D eigenvalue weighted by Gasteiger charge is -2.09. The van der Waals surface area contributed by atoms with Crippen molar-refractivity contribution in [3.8, 4) is 0 Å². The van der Waals surface area contributed by atoms with Crippen LogP contribution in [-0.2, 0) is 17.6 Å². The van der Waals surface area contributed by atoms with E-state index in [9.17, 15) is 4.79 Å². The molecule has 0 bridgehead atoms. The molecule has 4 heteroatoms. The zero-order chi connectivity index (χ0) is 18.2. The lowest BCUT2D eigenvalue weighted by Crippen LogP contribution is -2.04. The van der Waals surface area contributed by atoms with Gasteiger partial charge in [-0.2, -0.15) is 0 Å². The lowest BCUT2D eigenvalue weighted by molar-refractivity contribution is -0.136. The number of hydrogen-bond donors (Lipinski definition) is 2. The summed E-state index contributed by atoms with van der Waals surface area (Å²) in [5.74, 6) is -0.809. The Morgan fingerprint density at radius 1 is 0.846 bits per heavy atom. The van der Waals surface area contributed by atoms with Crippen LogP contribution in [0.25, 0.3) is 0 Å². The normalized spacial score (nSPS) is 10.5. The molecule has 0 aliphatic carbocycles. The molecular formula is C22H21NO2S. The van der Waals surface area contributed by atoms with E-state index in [0.717, 1.165) is 34.0 Å². The molecule has 0 atom stereocenters. The van der Waals surface area contributed by atoms with Gasteiger partial charge in [-0.15, -0.1) is 0 Å². The van der Waals surface area contributed by atoms with Crippen molar-refractivity contribution in [2.75, 3.05) is 11.9 Å². The topological polar surface area (TPSA) is 49.3 Å². The van der Waals surface area contributed by atoms with Gasteiger partial charge in [-0.3, -0.25) is 4.79 Å². The third-order valence-corrected chi connectivity index (χ3v) is 4.89. The first-order chi connectivity index (χ1) is 12.7. The number of hydrogen-bond acceptors (Lipinski definition) is 3. The first-order valence-corrected chi connectivity index (χ1v) is 9.37. The molecule has 132 valence electrons. The van der Waals surface area contributed by atoms with Crippen molar-refractivity contribution in [2.24, 2.45) is 0 Å². The SMILES string of the molecule is O=C(O)Cc1cccc(Sc2cccc(NCCc3ccccc3)c2)c1.